The van der Waals surface area contributed by atoms with Gasteiger partial charge in [0.2, 0.25) is 5.91 Å². The Morgan fingerprint density at radius 2 is 1.84 bits per heavy atom. The van der Waals surface area contributed by atoms with Crippen LogP contribution in [-0.2, 0) is 17.8 Å². The lowest BCUT2D eigenvalue weighted by Gasteiger charge is -2.18. The van der Waals surface area contributed by atoms with E-state index < -0.39 is 0 Å². The van der Waals surface area contributed by atoms with Gasteiger partial charge in [0, 0.05) is 62.8 Å². The largest absolute Gasteiger partial charge is 0.378 e. The van der Waals surface area contributed by atoms with Gasteiger partial charge in [-0.3, -0.25) is 9.59 Å². The number of nitrogens with two attached hydrogens (primary N) is 1. The van der Waals surface area contributed by atoms with Gasteiger partial charge >= 0.3 is 0 Å². The fraction of sp³-hybridized carbons (Fsp3) is 0.520. The monoisotopic (exact) mass is 424 g/mol. The van der Waals surface area contributed by atoms with Gasteiger partial charge in [-0.15, -0.1) is 0 Å². The Bertz CT molecular complexity index is 928. The molecule has 2 heterocycles. The number of hydrogen-bond acceptors (Lipinski definition) is 3. The van der Waals surface area contributed by atoms with Crippen LogP contribution in [0.1, 0.15) is 60.8 Å². The van der Waals surface area contributed by atoms with E-state index in [0.29, 0.717) is 12.0 Å². The molecule has 1 aliphatic rings. The highest BCUT2D eigenvalue weighted by atomic mass is 16.2. The molecule has 3 rings (SSSR count). The maximum absolute atomic E-state index is 12.5. The lowest BCUT2D eigenvalue weighted by Crippen LogP contribution is -2.26. The molecule has 6 nitrogen and oxygen atoms in total. The van der Waals surface area contributed by atoms with Crippen molar-refractivity contribution in [1.82, 2.24) is 9.47 Å². The van der Waals surface area contributed by atoms with Gasteiger partial charge in [0.25, 0.3) is 5.91 Å². The summed E-state index contributed by atoms with van der Waals surface area (Å²) in [5.74, 6) is -0.120. The maximum atomic E-state index is 12.5. The van der Waals surface area contributed by atoms with E-state index in [1.807, 2.05) is 25.9 Å². The fourth-order valence-corrected chi connectivity index (χ4v) is 4.60. The summed E-state index contributed by atoms with van der Waals surface area (Å²) < 4.78 is 2.27. The first-order valence-electron chi connectivity index (χ1n) is 11.4. The van der Waals surface area contributed by atoms with Crippen molar-refractivity contribution in [2.45, 2.75) is 58.9 Å². The summed E-state index contributed by atoms with van der Waals surface area (Å²) in [6.07, 6.45) is 5.54. The molecule has 2 amide bonds. The molecule has 6 heteroatoms. The highest BCUT2D eigenvalue weighted by Crippen LogP contribution is 2.35. The van der Waals surface area contributed by atoms with Crippen LogP contribution in [0, 0.1) is 6.92 Å². The summed E-state index contributed by atoms with van der Waals surface area (Å²) in [6.45, 7) is 6.59. The van der Waals surface area contributed by atoms with Crippen LogP contribution in [0.2, 0.25) is 0 Å². The molecule has 0 bridgehead atoms. The van der Waals surface area contributed by atoms with E-state index in [1.165, 1.54) is 5.69 Å². The average molecular weight is 425 g/mol. The quantitative estimate of drug-likeness (QED) is 0.627. The molecule has 1 saturated heterocycles. The van der Waals surface area contributed by atoms with E-state index in [2.05, 4.69) is 40.7 Å². The van der Waals surface area contributed by atoms with E-state index in [-0.39, 0.29) is 11.8 Å². The van der Waals surface area contributed by atoms with E-state index in [1.54, 1.807) is 0 Å². The zero-order chi connectivity index (χ0) is 22.5. The highest BCUT2D eigenvalue weighted by molar-refractivity contribution is 6.02. The lowest BCUT2D eigenvalue weighted by molar-refractivity contribution is -0.127. The summed E-state index contributed by atoms with van der Waals surface area (Å²) in [7, 11) is 4.03. The van der Waals surface area contributed by atoms with Crippen molar-refractivity contribution < 1.29 is 9.59 Å². The topological polar surface area (TPSA) is 71.6 Å². The van der Waals surface area contributed by atoms with Crippen molar-refractivity contribution in [2.75, 3.05) is 32.1 Å². The Morgan fingerprint density at radius 1 is 1.13 bits per heavy atom. The Balaban J connectivity index is 1.98. The minimum absolute atomic E-state index is 0.259. The van der Waals surface area contributed by atoms with E-state index in [4.69, 9.17) is 5.73 Å². The van der Waals surface area contributed by atoms with Gasteiger partial charge in [-0.05, 0) is 50.3 Å². The van der Waals surface area contributed by atoms with Crippen molar-refractivity contribution in [3.05, 3.63) is 41.2 Å². The van der Waals surface area contributed by atoms with Gasteiger partial charge < -0.3 is 20.1 Å². The van der Waals surface area contributed by atoms with Crippen LogP contribution in [-0.4, -0.2) is 48.5 Å². The Kier molecular flexibility index (Phi) is 7.42. The minimum atomic E-state index is -0.379. The molecular weight excluding hydrogens is 388 g/mol. The second kappa shape index (κ2) is 10.0. The predicted octanol–water partition coefficient (Wildman–Crippen LogP) is 3.98. The highest BCUT2D eigenvalue weighted by Gasteiger charge is 2.25. The zero-order valence-electron chi connectivity index (χ0n) is 19.4. The Hall–Kier alpha value is -2.76. The van der Waals surface area contributed by atoms with Gasteiger partial charge in [0.15, 0.2) is 0 Å². The van der Waals surface area contributed by atoms with Crippen molar-refractivity contribution in [1.29, 1.82) is 0 Å². The van der Waals surface area contributed by atoms with Crippen molar-refractivity contribution in [3.63, 3.8) is 0 Å². The van der Waals surface area contributed by atoms with E-state index >= 15 is 0 Å². The first-order valence-corrected chi connectivity index (χ1v) is 11.4. The molecule has 0 radical (unpaired) electrons. The van der Waals surface area contributed by atoms with E-state index in [9.17, 15) is 9.59 Å². The molecule has 168 valence electrons. The van der Waals surface area contributed by atoms with Gasteiger partial charge in [-0.1, -0.05) is 25.5 Å². The molecular formula is C25H36N4O2. The first-order chi connectivity index (χ1) is 14.8. The van der Waals surface area contributed by atoms with Crippen LogP contribution in [0.5, 0.6) is 0 Å². The van der Waals surface area contributed by atoms with Crippen LogP contribution in [0.25, 0.3) is 11.1 Å². The minimum Gasteiger partial charge on any atom is -0.378 e. The first kappa shape index (κ1) is 22.9. The third-order valence-electron chi connectivity index (χ3n) is 6.30. The number of carbonyl (C=O) groups excluding carboxylic acids is 2. The predicted molar refractivity (Wildman–Crippen MR) is 126 cm³/mol. The Labute approximate surface area is 186 Å². The molecule has 0 unspecified atom stereocenters. The summed E-state index contributed by atoms with van der Waals surface area (Å²) in [6, 6.07) is 8.32. The number of unbranched alkanes of at least 4 members (excludes halogenated alkanes) is 1. The molecule has 1 aromatic carbocycles. The number of amides is 2. The smallest absolute Gasteiger partial charge is 0.251 e. The third-order valence-corrected chi connectivity index (χ3v) is 6.30. The molecule has 1 fully saturated rings. The SMILES string of the molecule is CCCCc1c(-c2ccc(N(C)C)cc2)c(C(N)=O)c(C)n1CCCN1CCCC1=O. The maximum Gasteiger partial charge on any atom is 0.251 e. The third kappa shape index (κ3) is 4.94. The molecule has 0 saturated carbocycles. The van der Waals surface area contributed by atoms with Crippen LogP contribution in [0.3, 0.4) is 0 Å². The lowest BCUT2D eigenvalue weighted by atomic mass is 9.97. The van der Waals surface area contributed by atoms with Crippen molar-refractivity contribution in [3.8, 4) is 11.1 Å². The zero-order valence-corrected chi connectivity index (χ0v) is 19.4. The summed E-state index contributed by atoms with van der Waals surface area (Å²) in [4.78, 5) is 28.5. The van der Waals surface area contributed by atoms with Crippen LogP contribution in [0.15, 0.2) is 24.3 Å². The standard InChI is InChI=1S/C25H36N4O2/c1-5-6-9-21-24(19-11-13-20(14-12-19)27(3)4)23(25(26)31)18(2)29(21)17-8-16-28-15-7-10-22(28)30/h11-14H,5-10,15-17H2,1-4H3,(H2,26,31). The molecule has 2 aromatic rings. The van der Waals surface area contributed by atoms with Crippen molar-refractivity contribution in [2.24, 2.45) is 5.73 Å². The number of anilines is 1. The van der Waals surface area contributed by atoms with Gasteiger partial charge in [0.1, 0.15) is 0 Å². The number of hydrogen-bond donors (Lipinski definition) is 1. The van der Waals surface area contributed by atoms with Gasteiger partial charge in [0.05, 0.1) is 5.56 Å². The number of nitrogens with zero attached hydrogens (tertiary/aromatic N) is 3. The molecule has 1 aromatic heterocycles. The van der Waals surface area contributed by atoms with Crippen molar-refractivity contribution >= 4 is 17.5 Å². The second-order valence-electron chi connectivity index (χ2n) is 8.68. The van der Waals surface area contributed by atoms with Crippen LogP contribution in [0.4, 0.5) is 5.69 Å². The average Bonchev–Trinajstić information content (AvgIpc) is 3.27. The number of primary amides is 1. The number of carbonyl (C=O) groups is 2. The number of benzene rings is 1. The fourth-order valence-electron chi connectivity index (χ4n) is 4.60. The van der Waals surface area contributed by atoms with Gasteiger partial charge in [-0.2, -0.15) is 0 Å². The summed E-state index contributed by atoms with van der Waals surface area (Å²) >= 11 is 0. The molecule has 0 spiro atoms. The summed E-state index contributed by atoms with van der Waals surface area (Å²) in [5, 5.41) is 0. The second-order valence-corrected chi connectivity index (χ2v) is 8.68. The number of rotatable bonds is 10. The molecule has 2 N–H and O–H groups in total. The van der Waals surface area contributed by atoms with E-state index in [0.717, 1.165) is 74.2 Å². The Morgan fingerprint density at radius 3 is 2.39 bits per heavy atom. The molecule has 0 aliphatic carbocycles. The van der Waals surface area contributed by atoms with Crippen LogP contribution < -0.4 is 10.6 Å². The number of likely N-dealkylation sites (tertiary alicyclic amines) is 1. The molecule has 0 atom stereocenters. The van der Waals surface area contributed by atoms with Gasteiger partial charge in [-0.25, -0.2) is 0 Å². The molecule has 31 heavy (non-hydrogen) atoms. The molecule has 1 aliphatic heterocycles. The number of aromatic nitrogens is 1. The normalized spacial score (nSPS) is 13.8. The van der Waals surface area contributed by atoms with Crippen LogP contribution >= 0.6 is 0 Å². The summed E-state index contributed by atoms with van der Waals surface area (Å²) in [5.41, 5.74) is 11.7.